The molecular weight excluding hydrogens is 243 g/mol. The van der Waals surface area contributed by atoms with Gasteiger partial charge in [-0.1, -0.05) is 13.3 Å². The maximum Gasteiger partial charge on any atom is 0.226 e. The van der Waals surface area contributed by atoms with Gasteiger partial charge in [0.2, 0.25) is 5.91 Å². The van der Waals surface area contributed by atoms with E-state index in [4.69, 9.17) is 0 Å². The molecule has 0 saturated heterocycles. The van der Waals surface area contributed by atoms with E-state index < -0.39 is 23.9 Å². The molecule has 5 heteroatoms. The normalized spacial score (nSPS) is 10.5. The molecule has 1 amide bonds. The minimum Gasteiger partial charge on any atom is -0.345 e. The molecule has 0 unspecified atom stereocenters. The smallest absolute Gasteiger partial charge is 0.226 e. The van der Waals surface area contributed by atoms with E-state index in [0.717, 1.165) is 12.8 Å². The largest absolute Gasteiger partial charge is 0.345 e. The Bertz CT molecular complexity index is 411. The average Bonchev–Trinajstić information content (AvgIpc) is 2.30. The topological polar surface area (TPSA) is 20.3 Å². The van der Waals surface area contributed by atoms with Crippen LogP contribution in [-0.4, -0.2) is 24.4 Å². The Kier molecular flexibility index (Phi) is 5.19. The van der Waals surface area contributed by atoms with Gasteiger partial charge in [0.25, 0.3) is 0 Å². The summed E-state index contributed by atoms with van der Waals surface area (Å²) in [6.45, 7) is 2.53. The highest BCUT2D eigenvalue weighted by molar-refractivity contribution is 5.78. The van der Waals surface area contributed by atoms with Gasteiger partial charge in [0.15, 0.2) is 0 Å². The summed E-state index contributed by atoms with van der Waals surface area (Å²) in [6.07, 6.45) is 1.37. The number of carbonyl (C=O) groups is 1. The van der Waals surface area contributed by atoms with Gasteiger partial charge >= 0.3 is 0 Å². The second-order valence-electron chi connectivity index (χ2n) is 4.19. The monoisotopic (exact) mass is 259 g/mol. The van der Waals surface area contributed by atoms with Crippen molar-refractivity contribution in [3.63, 3.8) is 0 Å². The molecule has 0 fully saturated rings. The zero-order chi connectivity index (χ0) is 13.7. The van der Waals surface area contributed by atoms with Crippen LogP contribution >= 0.6 is 0 Å². The van der Waals surface area contributed by atoms with Crippen LogP contribution in [0.2, 0.25) is 0 Å². The van der Waals surface area contributed by atoms with Crippen LogP contribution in [-0.2, 0) is 11.2 Å². The van der Waals surface area contributed by atoms with Crippen LogP contribution < -0.4 is 0 Å². The van der Waals surface area contributed by atoms with Crippen molar-refractivity contribution in [3.8, 4) is 0 Å². The second-order valence-corrected chi connectivity index (χ2v) is 4.19. The van der Waals surface area contributed by atoms with Crippen LogP contribution in [0.4, 0.5) is 13.2 Å². The Hall–Kier alpha value is -1.52. The van der Waals surface area contributed by atoms with Crippen LogP contribution in [0.15, 0.2) is 12.1 Å². The Morgan fingerprint density at radius 2 is 1.78 bits per heavy atom. The number of halogens is 3. The van der Waals surface area contributed by atoms with Crippen molar-refractivity contribution in [2.75, 3.05) is 13.6 Å². The predicted molar refractivity (Wildman–Crippen MR) is 62.6 cm³/mol. The predicted octanol–water partition coefficient (Wildman–Crippen LogP) is 2.90. The molecule has 0 aliphatic carbocycles. The maximum atomic E-state index is 13.3. The Labute approximate surface area is 104 Å². The molecular formula is C13H16F3NO. The van der Waals surface area contributed by atoms with E-state index in [9.17, 15) is 18.0 Å². The summed E-state index contributed by atoms with van der Waals surface area (Å²) in [5, 5.41) is 0. The lowest BCUT2D eigenvalue weighted by Crippen LogP contribution is -2.29. The van der Waals surface area contributed by atoms with Gasteiger partial charge in [0.1, 0.15) is 17.5 Å². The number of nitrogens with zero attached hydrogens (tertiary/aromatic N) is 1. The van der Waals surface area contributed by atoms with Gasteiger partial charge in [-0.05, 0) is 6.42 Å². The maximum absolute atomic E-state index is 13.3. The van der Waals surface area contributed by atoms with Gasteiger partial charge in [0.05, 0.1) is 6.42 Å². The fourth-order valence-electron chi connectivity index (χ4n) is 1.55. The average molecular weight is 259 g/mol. The molecule has 0 heterocycles. The van der Waals surface area contributed by atoms with Gasteiger partial charge in [-0.3, -0.25) is 4.79 Å². The second kappa shape index (κ2) is 6.42. The lowest BCUT2D eigenvalue weighted by atomic mass is 10.1. The van der Waals surface area contributed by atoms with Crippen molar-refractivity contribution >= 4 is 5.91 Å². The summed E-state index contributed by atoms with van der Waals surface area (Å²) in [5.41, 5.74) is -0.384. The highest BCUT2D eigenvalue weighted by Crippen LogP contribution is 2.16. The molecule has 2 nitrogen and oxygen atoms in total. The number of carbonyl (C=O) groups excluding carboxylic acids is 1. The third kappa shape index (κ3) is 3.75. The molecule has 0 aromatic heterocycles. The van der Waals surface area contributed by atoms with Crippen LogP contribution in [0.3, 0.4) is 0 Å². The fraction of sp³-hybridized carbons (Fsp3) is 0.462. The molecule has 18 heavy (non-hydrogen) atoms. The zero-order valence-electron chi connectivity index (χ0n) is 10.5. The van der Waals surface area contributed by atoms with Crippen molar-refractivity contribution < 1.29 is 18.0 Å². The third-order valence-electron chi connectivity index (χ3n) is 2.71. The van der Waals surface area contributed by atoms with E-state index in [1.54, 1.807) is 7.05 Å². The van der Waals surface area contributed by atoms with Crippen molar-refractivity contribution in [2.24, 2.45) is 0 Å². The van der Waals surface area contributed by atoms with E-state index in [2.05, 4.69) is 0 Å². The highest BCUT2D eigenvalue weighted by Gasteiger charge is 2.17. The molecule has 0 radical (unpaired) electrons. The van der Waals surface area contributed by atoms with E-state index in [0.29, 0.717) is 18.7 Å². The first-order chi connectivity index (χ1) is 8.45. The molecule has 1 rings (SSSR count). The number of benzene rings is 1. The Morgan fingerprint density at radius 3 is 2.28 bits per heavy atom. The first kappa shape index (κ1) is 14.5. The highest BCUT2D eigenvalue weighted by atomic mass is 19.1. The number of likely N-dealkylation sites (N-methyl/N-ethyl adjacent to an activating group) is 1. The first-order valence-corrected chi connectivity index (χ1v) is 5.83. The number of unbranched alkanes of at least 4 members (excludes halogenated alkanes) is 1. The van der Waals surface area contributed by atoms with Gasteiger partial charge in [-0.25, -0.2) is 13.2 Å². The van der Waals surface area contributed by atoms with E-state index in [1.807, 2.05) is 6.92 Å². The number of hydrogen-bond donors (Lipinski definition) is 0. The molecule has 1 aromatic rings. The molecule has 0 aliphatic heterocycles. The van der Waals surface area contributed by atoms with Gasteiger partial charge in [0, 0.05) is 31.3 Å². The summed E-state index contributed by atoms with van der Waals surface area (Å²) in [6, 6.07) is 1.16. The van der Waals surface area contributed by atoms with Crippen molar-refractivity contribution in [2.45, 2.75) is 26.2 Å². The quantitative estimate of drug-likeness (QED) is 0.796. The minimum absolute atomic E-state index is 0.382. The van der Waals surface area contributed by atoms with Crippen molar-refractivity contribution in [1.29, 1.82) is 0 Å². The summed E-state index contributed by atoms with van der Waals surface area (Å²) in [4.78, 5) is 13.1. The van der Waals surface area contributed by atoms with Crippen molar-refractivity contribution in [1.82, 2.24) is 4.90 Å². The molecule has 0 N–H and O–H groups in total. The van der Waals surface area contributed by atoms with Gasteiger partial charge in [-0.15, -0.1) is 0 Å². The van der Waals surface area contributed by atoms with Crippen LogP contribution in [0.25, 0.3) is 0 Å². The van der Waals surface area contributed by atoms with Crippen LogP contribution in [0.5, 0.6) is 0 Å². The van der Waals surface area contributed by atoms with Crippen LogP contribution in [0.1, 0.15) is 25.3 Å². The molecule has 100 valence electrons. The SMILES string of the molecule is CCCCN(C)C(=O)Cc1c(F)cc(F)cc1F. The third-order valence-corrected chi connectivity index (χ3v) is 2.71. The molecule has 0 atom stereocenters. The fourth-order valence-corrected chi connectivity index (χ4v) is 1.55. The lowest BCUT2D eigenvalue weighted by Gasteiger charge is -2.17. The Morgan fingerprint density at radius 1 is 1.22 bits per heavy atom. The minimum atomic E-state index is -1.02. The first-order valence-electron chi connectivity index (χ1n) is 5.83. The zero-order valence-corrected chi connectivity index (χ0v) is 10.5. The van der Waals surface area contributed by atoms with E-state index >= 15 is 0 Å². The van der Waals surface area contributed by atoms with Crippen molar-refractivity contribution in [3.05, 3.63) is 35.1 Å². The van der Waals surface area contributed by atoms with Gasteiger partial charge in [-0.2, -0.15) is 0 Å². The van der Waals surface area contributed by atoms with Crippen LogP contribution in [0, 0.1) is 17.5 Å². The molecule has 1 aromatic carbocycles. The lowest BCUT2D eigenvalue weighted by molar-refractivity contribution is -0.129. The van der Waals surface area contributed by atoms with E-state index in [-0.39, 0.29) is 11.5 Å². The summed E-state index contributed by atoms with van der Waals surface area (Å²) in [5.74, 6) is -3.41. The molecule has 0 saturated carbocycles. The summed E-state index contributed by atoms with van der Waals surface area (Å²) >= 11 is 0. The Balaban J connectivity index is 2.76. The number of amides is 1. The molecule has 0 spiro atoms. The van der Waals surface area contributed by atoms with E-state index in [1.165, 1.54) is 4.90 Å². The number of rotatable bonds is 5. The molecule has 0 aliphatic rings. The molecule has 0 bridgehead atoms. The standard InChI is InChI=1S/C13H16F3NO/c1-3-4-5-17(2)13(18)8-10-11(15)6-9(14)7-12(10)16/h6-7H,3-5,8H2,1-2H3. The summed E-state index contributed by atoms with van der Waals surface area (Å²) in [7, 11) is 1.58. The summed E-state index contributed by atoms with van der Waals surface area (Å²) < 4.78 is 39.4. The number of hydrogen-bond acceptors (Lipinski definition) is 1. The van der Waals surface area contributed by atoms with Gasteiger partial charge < -0.3 is 4.90 Å².